The Kier molecular flexibility index (Phi) is 4.85. The average Bonchev–Trinajstić information content (AvgIpc) is 2.97. The van der Waals surface area contributed by atoms with Crippen LogP contribution in [0, 0.1) is 5.92 Å². The van der Waals surface area contributed by atoms with Gasteiger partial charge in [-0.1, -0.05) is 18.2 Å². The van der Waals surface area contributed by atoms with Crippen molar-refractivity contribution in [3.63, 3.8) is 0 Å². The molecule has 1 aliphatic heterocycles. The maximum atomic E-state index is 12.4. The topological polar surface area (TPSA) is 91.4 Å². The fraction of sp³-hybridized carbons (Fsp3) is 0.444. The largest absolute Gasteiger partial charge is 0.480 e. The zero-order valence-corrected chi connectivity index (χ0v) is 13.6. The molecular weight excluding hydrogens is 308 g/mol. The standard InChI is InChI=1S/C18H22N2O4/c1-11-8-12(6-7-24-11)17(21)20-16(18(22)23)9-13-10-19-15-5-3-2-4-14(13)15/h2-5,10-12,16,19H,6-9H2,1H3,(H,20,21)(H,22,23). The fourth-order valence-corrected chi connectivity index (χ4v) is 3.25. The summed E-state index contributed by atoms with van der Waals surface area (Å²) in [5.41, 5.74) is 1.85. The lowest BCUT2D eigenvalue weighted by atomic mass is 9.94. The Hall–Kier alpha value is -2.34. The Bertz CT molecular complexity index is 739. The Morgan fingerprint density at radius 3 is 2.96 bits per heavy atom. The summed E-state index contributed by atoms with van der Waals surface area (Å²) in [6.07, 6.45) is 3.36. The number of hydrogen-bond acceptors (Lipinski definition) is 3. The number of amides is 1. The quantitative estimate of drug-likeness (QED) is 0.783. The molecule has 0 aliphatic carbocycles. The number of aliphatic carboxylic acids is 1. The van der Waals surface area contributed by atoms with Gasteiger partial charge in [0.25, 0.3) is 0 Å². The van der Waals surface area contributed by atoms with Gasteiger partial charge in [-0.25, -0.2) is 4.79 Å². The van der Waals surface area contributed by atoms with Crippen LogP contribution in [-0.4, -0.2) is 40.7 Å². The van der Waals surface area contributed by atoms with Gasteiger partial charge in [-0.15, -0.1) is 0 Å². The van der Waals surface area contributed by atoms with Gasteiger partial charge in [0.1, 0.15) is 6.04 Å². The van der Waals surface area contributed by atoms with Crippen LogP contribution < -0.4 is 5.32 Å². The highest BCUT2D eigenvalue weighted by atomic mass is 16.5. The molecule has 1 aromatic heterocycles. The first kappa shape index (κ1) is 16.5. The third kappa shape index (κ3) is 3.59. The molecule has 1 saturated heterocycles. The molecule has 1 fully saturated rings. The summed E-state index contributed by atoms with van der Waals surface area (Å²) < 4.78 is 5.44. The van der Waals surface area contributed by atoms with E-state index in [0.29, 0.717) is 19.4 Å². The minimum Gasteiger partial charge on any atom is -0.480 e. The van der Waals surface area contributed by atoms with Crippen LogP contribution in [0.1, 0.15) is 25.3 Å². The van der Waals surface area contributed by atoms with Crippen LogP contribution in [0.15, 0.2) is 30.5 Å². The number of rotatable bonds is 5. The highest BCUT2D eigenvalue weighted by Gasteiger charge is 2.29. The second kappa shape index (κ2) is 7.05. The summed E-state index contributed by atoms with van der Waals surface area (Å²) in [5.74, 6) is -1.40. The van der Waals surface area contributed by atoms with Gasteiger partial charge in [0.15, 0.2) is 0 Å². The second-order valence-electron chi connectivity index (χ2n) is 6.37. The molecule has 3 N–H and O–H groups in total. The lowest BCUT2D eigenvalue weighted by Crippen LogP contribution is -2.46. The van der Waals surface area contributed by atoms with Crippen LogP contribution in [0.2, 0.25) is 0 Å². The molecule has 1 aromatic carbocycles. The van der Waals surface area contributed by atoms with Crippen molar-refractivity contribution in [3.05, 3.63) is 36.0 Å². The molecule has 6 nitrogen and oxygen atoms in total. The first-order valence-electron chi connectivity index (χ1n) is 8.24. The second-order valence-corrected chi connectivity index (χ2v) is 6.37. The predicted octanol–water partition coefficient (Wildman–Crippen LogP) is 2.09. The number of fused-ring (bicyclic) bond motifs is 1. The van der Waals surface area contributed by atoms with E-state index in [2.05, 4.69) is 10.3 Å². The maximum Gasteiger partial charge on any atom is 0.326 e. The van der Waals surface area contributed by atoms with Gasteiger partial charge < -0.3 is 20.1 Å². The van der Waals surface area contributed by atoms with E-state index in [0.717, 1.165) is 16.5 Å². The number of carbonyl (C=O) groups excluding carboxylic acids is 1. The van der Waals surface area contributed by atoms with Crippen LogP contribution in [0.5, 0.6) is 0 Å². The van der Waals surface area contributed by atoms with Crippen LogP contribution in [0.25, 0.3) is 10.9 Å². The number of hydrogen-bond donors (Lipinski definition) is 3. The fourth-order valence-electron chi connectivity index (χ4n) is 3.25. The van der Waals surface area contributed by atoms with E-state index >= 15 is 0 Å². The van der Waals surface area contributed by atoms with Crippen molar-refractivity contribution < 1.29 is 19.4 Å². The zero-order valence-electron chi connectivity index (χ0n) is 13.6. The van der Waals surface area contributed by atoms with Gasteiger partial charge >= 0.3 is 5.97 Å². The predicted molar refractivity (Wildman–Crippen MR) is 89.7 cm³/mol. The van der Waals surface area contributed by atoms with Gasteiger partial charge in [0.2, 0.25) is 5.91 Å². The number of H-pyrrole nitrogens is 1. The van der Waals surface area contributed by atoms with E-state index in [4.69, 9.17) is 4.74 Å². The van der Waals surface area contributed by atoms with E-state index in [1.54, 1.807) is 0 Å². The molecule has 0 saturated carbocycles. The molecule has 3 atom stereocenters. The van der Waals surface area contributed by atoms with Crippen molar-refractivity contribution in [3.8, 4) is 0 Å². The van der Waals surface area contributed by atoms with E-state index in [-0.39, 0.29) is 24.3 Å². The van der Waals surface area contributed by atoms with Crippen molar-refractivity contribution in [2.45, 2.75) is 38.3 Å². The summed E-state index contributed by atoms with van der Waals surface area (Å²) in [5, 5.41) is 13.2. The summed E-state index contributed by atoms with van der Waals surface area (Å²) in [6.45, 7) is 2.47. The average molecular weight is 330 g/mol. The molecule has 0 radical (unpaired) electrons. The number of nitrogens with one attached hydrogen (secondary N) is 2. The van der Waals surface area contributed by atoms with Crippen LogP contribution in [0.4, 0.5) is 0 Å². The maximum absolute atomic E-state index is 12.4. The number of ether oxygens (including phenoxy) is 1. The zero-order chi connectivity index (χ0) is 17.1. The molecule has 2 heterocycles. The Morgan fingerprint density at radius 1 is 1.42 bits per heavy atom. The summed E-state index contributed by atoms with van der Waals surface area (Å²) in [6, 6.07) is 6.79. The molecule has 3 rings (SSSR count). The van der Waals surface area contributed by atoms with Crippen molar-refractivity contribution in [1.29, 1.82) is 0 Å². The van der Waals surface area contributed by atoms with Crippen molar-refractivity contribution in [2.24, 2.45) is 5.92 Å². The summed E-state index contributed by atoms with van der Waals surface area (Å²) in [7, 11) is 0. The minimum atomic E-state index is -1.02. The summed E-state index contributed by atoms with van der Waals surface area (Å²) in [4.78, 5) is 27.1. The van der Waals surface area contributed by atoms with Crippen LogP contribution >= 0.6 is 0 Å². The molecular formula is C18H22N2O4. The van der Waals surface area contributed by atoms with Gasteiger partial charge in [0.05, 0.1) is 6.10 Å². The minimum absolute atomic E-state index is 0.0337. The van der Waals surface area contributed by atoms with E-state index in [9.17, 15) is 14.7 Å². The number of para-hydroxylation sites is 1. The lowest BCUT2D eigenvalue weighted by molar-refractivity contribution is -0.143. The first-order chi connectivity index (χ1) is 11.5. The number of benzene rings is 1. The SMILES string of the molecule is CC1CC(C(=O)NC(Cc2c[nH]c3ccccc23)C(=O)O)CCO1. The molecule has 128 valence electrons. The van der Waals surface area contributed by atoms with E-state index in [1.807, 2.05) is 37.4 Å². The highest BCUT2D eigenvalue weighted by Crippen LogP contribution is 2.22. The highest BCUT2D eigenvalue weighted by molar-refractivity contribution is 5.87. The number of carboxylic acid groups (broad SMARTS) is 1. The molecule has 1 aliphatic rings. The van der Waals surface area contributed by atoms with E-state index in [1.165, 1.54) is 0 Å². The molecule has 24 heavy (non-hydrogen) atoms. The Labute approximate surface area is 140 Å². The number of carboxylic acids is 1. The third-order valence-electron chi connectivity index (χ3n) is 4.57. The molecule has 0 spiro atoms. The van der Waals surface area contributed by atoms with Crippen molar-refractivity contribution >= 4 is 22.8 Å². The van der Waals surface area contributed by atoms with Crippen molar-refractivity contribution in [1.82, 2.24) is 10.3 Å². The van der Waals surface area contributed by atoms with E-state index < -0.39 is 12.0 Å². The first-order valence-corrected chi connectivity index (χ1v) is 8.24. The molecule has 2 aromatic rings. The molecule has 3 unspecified atom stereocenters. The monoisotopic (exact) mass is 330 g/mol. The molecule has 0 bridgehead atoms. The van der Waals surface area contributed by atoms with Gasteiger partial charge in [-0.2, -0.15) is 0 Å². The summed E-state index contributed by atoms with van der Waals surface area (Å²) >= 11 is 0. The molecule has 1 amide bonds. The number of aromatic amines is 1. The number of carbonyl (C=O) groups is 2. The van der Waals surface area contributed by atoms with Gasteiger partial charge in [0, 0.05) is 36.0 Å². The van der Waals surface area contributed by atoms with Crippen LogP contribution in [-0.2, 0) is 20.7 Å². The lowest BCUT2D eigenvalue weighted by Gasteiger charge is -2.27. The van der Waals surface area contributed by atoms with Crippen LogP contribution in [0.3, 0.4) is 0 Å². The van der Waals surface area contributed by atoms with Crippen molar-refractivity contribution in [2.75, 3.05) is 6.61 Å². The van der Waals surface area contributed by atoms with Gasteiger partial charge in [-0.05, 0) is 31.4 Å². The number of aromatic nitrogens is 1. The van der Waals surface area contributed by atoms with Gasteiger partial charge in [-0.3, -0.25) is 4.79 Å². The smallest absolute Gasteiger partial charge is 0.326 e. The third-order valence-corrected chi connectivity index (χ3v) is 4.57. The Morgan fingerprint density at radius 2 is 2.21 bits per heavy atom. The Balaban J connectivity index is 1.71. The normalized spacial score (nSPS) is 22.2. The molecule has 6 heteroatoms.